The summed E-state index contributed by atoms with van der Waals surface area (Å²) in [6.07, 6.45) is -11.7. The predicted molar refractivity (Wildman–Crippen MR) is 321 cm³/mol. The number of rotatable bonds is 35. The summed E-state index contributed by atoms with van der Waals surface area (Å²) >= 11 is 0. The van der Waals surface area contributed by atoms with Crippen molar-refractivity contribution in [3.8, 4) is 0 Å². The largest absolute Gasteiger partial charge is 0.472 e. The number of nitrogens with zero attached hydrogens (tertiary/aromatic N) is 3. The molecule has 0 bridgehead atoms. The normalized spacial score (nSPS) is 36.7. The molecular formula is C57H104N3O29P3. The van der Waals surface area contributed by atoms with Gasteiger partial charge in [0.15, 0.2) is 12.6 Å². The first-order valence-corrected chi connectivity index (χ1v) is 36.6. The molecule has 1 aliphatic carbocycles. The Morgan fingerprint density at radius 1 is 0.478 bits per heavy atom. The van der Waals surface area contributed by atoms with Crippen molar-refractivity contribution < 1.29 is 140 Å². The highest BCUT2D eigenvalue weighted by molar-refractivity contribution is 7.48. The number of hydrogen-bond donors (Lipinski definition) is 12. The van der Waals surface area contributed by atoms with Crippen molar-refractivity contribution >= 4 is 41.2 Å². The predicted octanol–water partition coefficient (Wildman–Crippen LogP) is 0.811. The Kier molecular flexibility index (Phi) is 30.8. The van der Waals surface area contributed by atoms with Crippen LogP contribution in [0, 0.1) is 29.6 Å². The fraction of sp³-hybridized carbons (Fsp3) is 0.947. The van der Waals surface area contributed by atoms with Gasteiger partial charge < -0.3 is 99.0 Å². The fourth-order valence-electron chi connectivity index (χ4n) is 12.7. The van der Waals surface area contributed by atoms with Crippen LogP contribution in [0.4, 0.5) is 0 Å². The lowest BCUT2D eigenvalue weighted by Crippen LogP contribution is -2.55. The summed E-state index contributed by atoms with van der Waals surface area (Å²) in [5.41, 5.74) is -1.11. The molecule has 1 saturated carbocycles. The van der Waals surface area contributed by atoms with Gasteiger partial charge in [0, 0.05) is 89.0 Å². The minimum absolute atomic E-state index is 0.0175. The number of amides is 3. The molecule has 92 heavy (non-hydrogen) atoms. The summed E-state index contributed by atoms with van der Waals surface area (Å²) in [4.78, 5) is 78.5. The zero-order chi connectivity index (χ0) is 68.0. The Balaban J connectivity index is 1.05. The van der Waals surface area contributed by atoms with Crippen LogP contribution in [0.15, 0.2) is 0 Å². The van der Waals surface area contributed by atoms with Crippen LogP contribution >= 0.6 is 23.5 Å². The van der Waals surface area contributed by atoms with Gasteiger partial charge in [0.1, 0.15) is 24.4 Å². The lowest BCUT2D eigenvalue weighted by atomic mass is 9.77. The molecule has 18 unspecified atom stereocenters. The second-order valence-corrected chi connectivity index (χ2v) is 30.7. The lowest BCUT2D eigenvalue weighted by Gasteiger charge is -2.40. The van der Waals surface area contributed by atoms with Gasteiger partial charge in [0.05, 0.1) is 99.5 Å². The molecule has 5 saturated heterocycles. The Morgan fingerprint density at radius 3 is 1.26 bits per heavy atom. The summed E-state index contributed by atoms with van der Waals surface area (Å²) < 4.78 is 102. The van der Waals surface area contributed by atoms with E-state index < -0.39 is 189 Å². The lowest BCUT2D eigenvalue weighted by molar-refractivity contribution is -0.282. The van der Waals surface area contributed by atoms with Gasteiger partial charge in [-0.3, -0.25) is 41.5 Å². The molecule has 5 heterocycles. The van der Waals surface area contributed by atoms with Crippen LogP contribution in [-0.2, 0) is 78.9 Å². The first-order valence-electron chi connectivity index (χ1n) is 32.1. The third kappa shape index (κ3) is 23.1. The highest BCUT2D eigenvalue weighted by atomic mass is 31.2. The minimum atomic E-state index is -5.10. The van der Waals surface area contributed by atoms with Crippen molar-refractivity contribution in [3.05, 3.63) is 0 Å². The van der Waals surface area contributed by atoms with Gasteiger partial charge in [-0.25, -0.2) is 13.7 Å². The summed E-state index contributed by atoms with van der Waals surface area (Å²) in [5.74, 6) is -3.42. The molecule has 0 spiro atoms. The smallest absolute Gasteiger partial charge is 0.396 e. The molecule has 6 fully saturated rings. The molecular weight excluding hydrogens is 1280 g/mol. The molecule has 12 N–H and O–H groups in total. The van der Waals surface area contributed by atoms with Gasteiger partial charge in [-0.05, 0) is 90.9 Å². The number of carbonyl (C=O) groups excluding carboxylic acids is 3. The summed E-state index contributed by atoms with van der Waals surface area (Å²) in [6, 6.07) is -2.62. The second kappa shape index (κ2) is 35.8. The van der Waals surface area contributed by atoms with E-state index in [1.807, 2.05) is 6.92 Å². The van der Waals surface area contributed by atoms with Crippen LogP contribution in [0.3, 0.4) is 0 Å². The fourth-order valence-corrected chi connectivity index (χ4v) is 15.7. The van der Waals surface area contributed by atoms with E-state index in [1.165, 1.54) is 30.6 Å². The Labute approximate surface area is 537 Å². The van der Waals surface area contributed by atoms with Crippen LogP contribution in [0.25, 0.3) is 0 Å². The molecule has 5 aliphatic heterocycles. The van der Waals surface area contributed by atoms with Crippen LogP contribution in [0.2, 0.25) is 0 Å². The first kappa shape index (κ1) is 79.2. The summed E-state index contributed by atoms with van der Waals surface area (Å²) in [7, 11) is -14.7. The van der Waals surface area contributed by atoms with E-state index >= 15 is 0 Å². The number of aliphatic hydroxyl groups is 9. The van der Waals surface area contributed by atoms with Crippen molar-refractivity contribution in [2.45, 2.75) is 235 Å². The second-order valence-electron chi connectivity index (χ2n) is 26.5. The molecule has 3 amide bonds. The van der Waals surface area contributed by atoms with E-state index in [1.54, 1.807) is 25.7 Å². The van der Waals surface area contributed by atoms with E-state index in [0.29, 0.717) is 45.1 Å². The summed E-state index contributed by atoms with van der Waals surface area (Å²) in [5, 5.41) is 90.8. The third-order valence-corrected chi connectivity index (χ3v) is 21.3. The molecule has 6 aliphatic rings. The minimum Gasteiger partial charge on any atom is -0.396 e. The van der Waals surface area contributed by atoms with E-state index in [0.717, 1.165) is 0 Å². The van der Waals surface area contributed by atoms with Crippen molar-refractivity contribution in [2.24, 2.45) is 29.6 Å². The standard InChI is InChI=1S/C57H104N3O29P3/c1-33-20-38(58(24-33)46(64)14-9-12-18-80-55-35(3)50(68)53(71)44(28-62)85-55)30-82-90(73,74)87-41-22-39(59(25-41)47(65)15-8-11-17-79-43-21-37(27-61)52(70)49(67)34(43)2)31-83-91(75,76)88-42-23-40(32-84-92(77,78)89-57(5,6)7)60(26-42)48(66)16-10-13-19-81-56-36(4)51(69)54(72)45(29-63)86-56/h33-45,49-56,61-63,67-72H,8-32H2,1-7H3,(H,73,74)(H,75,76)(H,77,78)/t33-,34?,35?,36?,37?,38+,39+,40+,41-,42-,43?,44?,45?,49?,50?,51?,52?,53?,54?,55?,56?/m1/s1. The Bertz CT molecular complexity index is 2450. The zero-order valence-electron chi connectivity index (χ0n) is 53.8. The van der Waals surface area contributed by atoms with Gasteiger partial charge in [-0.2, -0.15) is 0 Å². The molecule has 0 aromatic rings. The number of phosphoric acid groups is 3. The molecule has 536 valence electrons. The molecule has 35 heteroatoms. The van der Waals surface area contributed by atoms with Crippen molar-refractivity contribution in [3.63, 3.8) is 0 Å². The van der Waals surface area contributed by atoms with Gasteiger partial charge in [0.2, 0.25) is 17.7 Å². The number of hydrogen-bond acceptors (Lipinski definition) is 26. The van der Waals surface area contributed by atoms with E-state index in [-0.39, 0.29) is 103 Å². The monoisotopic (exact) mass is 1390 g/mol. The van der Waals surface area contributed by atoms with Crippen LogP contribution in [0.5, 0.6) is 0 Å². The van der Waals surface area contributed by atoms with E-state index in [9.17, 15) is 88.7 Å². The highest BCUT2D eigenvalue weighted by Gasteiger charge is 2.48. The van der Waals surface area contributed by atoms with Crippen molar-refractivity contribution in [1.82, 2.24) is 14.7 Å². The quantitative estimate of drug-likeness (QED) is 0.0309. The van der Waals surface area contributed by atoms with Gasteiger partial charge >= 0.3 is 23.5 Å². The van der Waals surface area contributed by atoms with Gasteiger partial charge in [-0.1, -0.05) is 27.7 Å². The van der Waals surface area contributed by atoms with Crippen molar-refractivity contribution in [1.29, 1.82) is 0 Å². The zero-order valence-corrected chi connectivity index (χ0v) is 56.5. The molecule has 0 aromatic heterocycles. The van der Waals surface area contributed by atoms with Gasteiger partial charge in [-0.15, -0.1) is 0 Å². The van der Waals surface area contributed by atoms with E-state index in [4.69, 9.17) is 50.8 Å². The molecule has 6 rings (SSSR count). The number of phosphoric ester groups is 3. The average Bonchev–Trinajstić information content (AvgIpc) is 1.04. The average molecular weight is 1390 g/mol. The van der Waals surface area contributed by atoms with Crippen LogP contribution < -0.4 is 0 Å². The van der Waals surface area contributed by atoms with Crippen LogP contribution in [0.1, 0.15) is 132 Å². The summed E-state index contributed by atoms with van der Waals surface area (Å²) in [6.45, 7) is 8.66. The van der Waals surface area contributed by atoms with Crippen LogP contribution in [-0.4, -0.2) is 276 Å². The number of ether oxygens (including phenoxy) is 5. The van der Waals surface area contributed by atoms with Crippen molar-refractivity contribution in [2.75, 3.05) is 79.1 Å². The number of carbonyl (C=O) groups is 3. The maximum absolute atomic E-state index is 14.1. The van der Waals surface area contributed by atoms with E-state index in [2.05, 4.69) is 0 Å². The highest BCUT2D eigenvalue weighted by Crippen LogP contribution is 2.51. The van der Waals surface area contributed by atoms with Gasteiger partial charge in [0.25, 0.3) is 0 Å². The molecule has 24 atom stereocenters. The Hall–Kier alpha value is -1.82. The third-order valence-electron chi connectivity index (χ3n) is 17.9. The maximum Gasteiger partial charge on any atom is 0.472 e. The molecule has 0 radical (unpaired) electrons. The Morgan fingerprint density at radius 2 is 0.859 bits per heavy atom. The number of unbranched alkanes of at least 4 members (excludes halogenated alkanes) is 3. The first-order chi connectivity index (χ1) is 43.2. The topological polar surface area (TPSA) is 456 Å². The molecule has 0 aromatic carbocycles. The molecule has 32 nitrogen and oxygen atoms in total. The maximum atomic E-state index is 14.1. The number of aliphatic hydroxyl groups excluding tert-OH is 9. The number of likely N-dealkylation sites (tertiary alicyclic amines) is 3. The SMILES string of the molecule is CC1C(OCCCCC(=O)N2C[C@H](OP(=O)(O)OC[C@@H]3C[C@@H](C)CN3C(=O)CCCCOC3OC(CO)C(O)C(O)C3C)C[C@H]2COP(=O)(O)O[C@@H]2C[C@@H](COP(=O)(O)OC(C)(C)C)N(C(=O)CCCCOC3OC(CO)C(O)C(O)C3C)C2)CC(CO)C(O)C1O.